The molecule has 102 valence electrons. The van der Waals surface area contributed by atoms with E-state index in [0.29, 0.717) is 0 Å². The maximum Gasteiger partial charge on any atom is 0.140 e. The second-order valence-electron chi connectivity index (χ2n) is 5.04. The molecule has 2 aromatic rings. The second-order valence-corrected chi connectivity index (χ2v) is 5.04. The molecule has 1 unspecified atom stereocenters. The van der Waals surface area contributed by atoms with Crippen LogP contribution in [0.3, 0.4) is 0 Å². The van der Waals surface area contributed by atoms with Crippen LogP contribution in [0.1, 0.15) is 16.7 Å². The van der Waals surface area contributed by atoms with Crippen LogP contribution in [0, 0.1) is 11.8 Å². The average Bonchev–Trinajstić information content (AvgIpc) is 2.48. The zero-order valence-corrected chi connectivity index (χ0v) is 12.2. The number of hydrogen-bond acceptors (Lipinski definition) is 0. The predicted octanol–water partition coefficient (Wildman–Crippen LogP) is -1.32. The molecule has 1 aliphatic rings. The van der Waals surface area contributed by atoms with Gasteiger partial charge in [-0.2, -0.15) is 0 Å². The van der Waals surface area contributed by atoms with Crippen LogP contribution in [0.5, 0.6) is 0 Å². The minimum absolute atomic E-state index is 0. The van der Waals surface area contributed by atoms with Crippen LogP contribution in [-0.4, -0.2) is 13.1 Å². The van der Waals surface area contributed by atoms with Crippen LogP contribution in [-0.2, 0) is 13.0 Å². The highest BCUT2D eigenvalue weighted by Gasteiger charge is 2.17. The van der Waals surface area contributed by atoms with E-state index < -0.39 is 0 Å². The summed E-state index contributed by atoms with van der Waals surface area (Å²) in [6, 6.07) is 19.0. The lowest BCUT2D eigenvalue weighted by Gasteiger charge is -2.23. The third kappa shape index (κ3) is 3.63. The van der Waals surface area contributed by atoms with Crippen LogP contribution in [0.4, 0.5) is 0 Å². The Labute approximate surface area is 127 Å². The summed E-state index contributed by atoms with van der Waals surface area (Å²) in [5.74, 6) is 6.56. The molecular weight excluding hydrogens is 266 g/mol. The molecule has 0 radical (unpaired) electrons. The van der Waals surface area contributed by atoms with Gasteiger partial charge in [-0.15, -0.1) is 0 Å². The van der Waals surface area contributed by atoms with Crippen LogP contribution < -0.4 is 17.3 Å². The lowest BCUT2D eigenvalue weighted by atomic mass is 10.00. The SMILES string of the molecule is C(#Cc1ccccc1)C[NH+]1CCc2ccccc2C1.[Cl-]. The van der Waals surface area contributed by atoms with Gasteiger partial charge in [0.1, 0.15) is 13.1 Å². The van der Waals surface area contributed by atoms with E-state index in [9.17, 15) is 0 Å². The second kappa shape index (κ2) is 7.14. The number of fused-ring (bicyclic) bond motifs is 1. The molecule has 0 amide bonds. The maximum absolute atomic E-state index is 3.32. The number of quaternary nitrogens is 1. The van der Waals surface area contributed by atoms with Crippen LogP contribution in [0.25, 0.3) is 0 Å². The molecule has 1 atom stereocenters. The van der Waals surface area contributed by atoms with Crippen molar-refractivity contribution in [2.24, 2.45) is 0 Å². The van der Waals surface area contributed by atoms with Crippen molar-refractivity contribution < 1.29 is 17.3 Å². The highest BCUT2D eigenvalue weighted by molar-refractivity contribution is 5.33. The summed E-state index contributed by atoms with van der Waals surface area (Å²) in [7, 11) is 0. The highest BCUT2D eigenvalue weighted by Crippen LogP contribution is 2.10. The van der Waals surface area contributed by atoms with Crippen molar-refractivity contribution >= 4 is 0 Å². The van der Waals surface area contributed by atoms with Crippen molar-refractivity contribution in [2.45, 2.75) is 13.0 Å². The van der Waals surface area contributed by atoms with Gasteiger partial charge in [0.05, 0.1) is 6.54 Å². The Morgan fingerprint density at radius 2 is 1.60 bits per heavy atom. The van der Waals surface area contributed by atoms with Gasteiger partial charge >= 0.3 is 0 Å². The minimum atomic E-state index is 0. The number of rotatable bonds is 1. The summed E-state index contributed by atoms with van der Waals surface area (Å²) >= 11 is 0. The summed E-state index contributed by atoms with van der Waals surface area (Å²) in [4.78, 5) is 1.57. The Hall–Kier alpha value is -1.75. The van der Waals surface area contributed by atoms with Crippen molar-refractivity contribution in [3.05, 3.63) is 71.3 Å². The van der Waals surface area contributed by atoms with Crippen LogP contribution in [0.15, 0.2) is 54.6 Å². The molecule has 3 rings (SSSR count). The molecule has 1 aliphatic heterocycles. The Bertz CT molecular complexity index is 610. The van der Waals surface area contributed by atoms with Gasteiger partial charge in [-0.1, -0.05) is 48.4 Å². The van der Waals surface area contributed by atoms with Gasteiger partial charge in [0.15, 0.2) is 0 Å². The summed E-state index contributed by atoms with van der Waals surface area (Å²) in [6.07, 6.45) is 1.18. The molecule has 1 heterocycles. The minimum Gasteiger partial charge on any atom is -1.00 e. The Morgan fingerprint density at radius 1 is 0.900 bits per heavy atom. The third-order valence-corrected chi connectivity index (χ3v) is 3.65. The first-order chi connectivity index (χ1) is 9.42. The first-order valence-electron chi connectivity index (χ1n) is 6.86. The monoisotopic (exact) mass is 283 g/mol. The van der Waals surface area contributed by atoms with Gasteiger partial charge in [-0.05, 0) is 23.6 Å². The number of nitrogens with one attached hydrogen (secondary N) is 1. The Kier molecular flexibility index (Phi) is 5.24. The lowest BCUT2D eigenvalue weighted by molar-refractivity contribution is -0.908. The molecule has 0 bridgehead atoms. The zero-order valence-electron chi connectivity index (χ0n) is 11.4. The fourth-order valence-electron chi connectivity index (χ4n) is 2.59. The Morgan fingerprint density at radius 3 is 2.40 bits per heavy atom. The molecule has 0 aliphatic carbocycles. The number of hydrogen-bond donors (Lipinski definition) is 1. The normalized spacial score (nSPS) is 16.3. The summed E-state index contributed by atoms with van der Waals surface area (Å²) in [6.45, 7) is 3.24. The van der Waals surface area contributed by atoms with E-state index in [4.69, 9.17) is 0 Å². The van der Waals surface area contributed by atoms with Crippen molar-refractivity contribution in [1.82, 2.24) is 0 Å². The van der Waals surface area contributed by atoms with E-state index in [2.05, 4.69) is 48.2 Å². The molecule has 1 N–H and O–H groups in total. The van der Waals surface area contributed by atoms with Crippen LogP contribution in [0.2, 0.25) is 0 Å². The summed E-state index contributed by atoms with van der Waals surface area (Å²) in [5.41, 5.74) is 4.12. The van der Waals surface area contributed by atoms with Crippen molar-refractivity contribution in [3.8, 4) is 11.8 Å². The van der Waals surface area contributed by atoms with Gasteiger partial charge < -0.3 is 17.3 Å². The third-order valence-electron chi connectivity index (χ3n) is 3.65. The van der Waals surface area contributed by atoms with Gasteiger partial charge in [-0.3, -0.25) is 0 Å². The van der Waals surface area contributed by atoms with Gasteiger partial charge in [0, 0.05) is 17.5 Å². The van der Waals surface area contributed by atoms with E-state index in [-0.39, 0.29) is 12.4 Å². The van der Waals surface area contributed by atoms with E-state index in [0.717, 1.165) is 18.7 Å². The molecule has 20 heavy (non-hydrogen) atoms. The van der Waals surface area contributed by atoms with Crippen molar-refractivity contribution in [3.63, 3.8) is 0 Å². The zero-order chi connectivity index (χ0) is 12.9. The molecule has 2 heteroatoms. The predicted molar refractivity (Wildman–Crippen MR) is 77.9 cm³/mol. The van der Waals surface area contributed by atoms with Crippen molar-refractivity contribution in [2.75, 3.05) is 13.1 Å². The summed E-state index contributed by atoms with van der Waals surface area (Å²) < 4.78 is 0. The van der Waals surface area contributed by atoms with Crippen LogP contribution >= 0.6 is 0 Å². The first-order valence-corrected chi connectivity index (χ1v) is 6.86. The maximum atomic E-state index is 3.32. The van der Waals surface area contributed by atoms with Gasteiger partial charge in [0.2, 0.25) is 0 Å². The molecule has 0 saturated heterocycles. The fraction of sp³-hybridized carbons (Fsp3) is 0.222. The fourth-order valence-corrected chi connectivity index (χ4v) is 2.59. The molecule has 2 aromatic carbocycles. The van der Waals surface area contributed by atoms with E-state index in [1.807, 2.05) is 18.2 Å². The topological polar surface area (TPSA) is 4.44 Å². The molecule has 0 spiro atoms. The Balaban J connectivity index is 0.00000147. The van der Waals surface area contributed by atoms with E-state index in [1.54, 1.807) is 4.90 Å². The summed E-state index contributed by atoms with van der Waals surface area (Å²) in [5, 5.41) is 0. The molecular formula is C18H18ClN. The first kappa shape index (κ1) is 14.7. The molecule has 0 aromatic heterocycles. The number of halogens is 1. The average molecular weight is 284 g/mol. The largest absolute Gasteiger partial charge is 1.00 e. The lowest BCUT2D eigenvalue weighted by Crippen LogP contribution is -3.11. The molecule has 0 fully saturated rings. The van der Waals surface area contributed by atoms with E-state index in [1.165, 1.54) is 24.1 Å². The van der Waals surface area contributed by atoms with Crippen molar-refractivity contribution in [1.29, 1.82) is 0 Å². The quantitative estimate of drug-likeness (QED) is 0.620. The van der Waals surface area contributed by atoms with Gasteiger partial charge in [-0.25, -0.2) is 0 Å². The van der Waals surface area contributed by atoms with Gasteiger partial charge in [0.25, 0.3) is 0 Å². The highest BCUT2D eigenvalue weighted by atomic mass is 35.5. The molecule has 0 saturated carbocycles. The number of benzene rings is 2. The molecule has 1 nitrogen and oxygen atoms in total. The standard InChI is InChI=1S/C18H17N.ClH/c1-2-7-16(8-3-1)9-6-13-19-14-12-17-10-4-5-11-18(17)15-19;/h1-5,7-8,10-11H,12-15H2;1H. The smallest absolute Gasteiger partial charge is 0.140 e. The van der Waals surface area contributed by atoms with E-state index >= 15 is 0 Å².